The molecule has 1 unspecified atom stereocenters. The van der Waals surface area contributed by atoms with Crippen molar-refractivity contribution in [3.8, 4) is 22.5 Å². The number of aromatic amines is 1. The van der Waals surface area contributed by atoms with Gasteiger partial charge in [-0.1, -0.05) is 30.3 Å². The molecule has 0 bridgehead atoms. The number of imidazole rings is 1. The summed E-state index contributed by atoms with van der Waals surface area (Å²) < 4.78 is 30.7. The van der Waals surface area contributed by atoms with Gasteiger partial charge >= 0.3 is 6.09 Å². The van der Waals surface area contributed by atoms with Gasteiger partial charge in [0.2, 0.25) is 12.2 Å². The van der Waals surface area contributed by atoms with Gasteiger partial charge in [-0.15, -0.1) is 0 Å². The van der Waals surface area contributed by atoms with E-state index in [9.17, 15) is 14.0 Å². The van der Waals surface area contributed by atoms with Gasteiger partial charge in [0.05, 0.1) is 30.1 Å². The molecule has 1 aliphatic rings. The number of hydrogen-bond acceptors (Lipinski definition) is 7. The van der Waals surface area contributed by atoms with Crippen molar-refractivity contribution in [1.29, 1.82) is 0 Å². The number of benzene rings is 2. The average Bonchev–Trinajstić information content (AvgIpc) is 3.43. The van der Waals surface area contributed by atoms with E-state index in [0.29, 0.717) is 17.2 Å². The van der Waals surface area contributed by atoms with Gasteiger partial charge in [-0.2, -0.15) is 0 Å². The topological polar surface area (TPSA) is 127 Å². The van der Waals surface area contributed by atoms with Crippen LogP contribution >= 0.6 is 0 Å². The molecule has 212 valence electrons. The number of H-pyrrole nitrogens is 1. The first-order valence-corrected chi connectivity index (χ1v) is 13.1. The van der Waals surface area contributed by atoms with Crippen LogP contribution in [0.15, 0.2) is 79.1 Å². The van der Waals surface area contributed by atoms with E-state index in [1.54, 1.807) is 38.4 Å². The van der Waals surface area contributed by atoms with Crippen LogP contribution in [0.2, 0.25) is 0 Å². The Kier molecular flexibility index (Phi) is 8.37. The fourth-order valence-corrected chi connectivity index (χ4v) is 4.30. The van der Waals surface area contributed by atoms with Crippen molar-refractivity contribution >= 4 is 12.0 Å². The molecular weight excluding hydrogens is 529 g/mol. The highest BCUT2D eigenvalue weighted by molar-refractivity contribution is 5.85. The number of ether oxygens (including phenoxy) is 3. The molecule has 5 rings (SSSR count). The largest absolute Gasteiger partial charge is 0.445 e. The van der Waals surface area contributed by atoms with Crippen molar-refractivity contribution in [3.05, 3.63) is 96.3 Å². The number of halogens is 1. The Balaban J connectivity index is 1.20. The Hall–Kier alpha value is -4.61. The summed E-state index contributed by atoms with van der Waals surface area (Å²) in [5.74, 6) is -0.323. The number of hydrogen-bond donors (Lipinski definition) is 3. The molecule has 2 aromatic heterocycles. The molecule has 2 aromatic carbocycles. The predicted molar refractivity (Wildman–Crippen MR) is 148 cm³/mol. The van der Waals surface area contributed by atoms with Crippen molar-refractivity contribution in [1.82, 2.24) is 25.6 Å². The standard InChI is InChI=1S/C30H30FN5O5/c1-19(33-29(38)39-16-20-6-4-3-5-7-20)27(37)36-30(2)17-40-28(41-18-30)26-34-24(21-8-10-23(31)11-9-21)25(35-26)22-12-14-32-15-13-22/h3-15,19,28H,16-18H2,1-2H3,(H,33,38)(H,34,35)(H,36,37). The number of nitrogens with zero attached hydrogens (tertiary/aromatic N) is 2. The minimum absolute atomic E-state index is 0.0975. The molecule has 1 aliphatic heterocycles. The fourth-order valence-electron chi connectivity index (χ4n) is 4.30. The molecule has 10 nitrogen and oxygen atoms in total. The van der Waals surface area contributed by atoms with Gasteiger partial charge in [0.25, 0.3) is 0 Å². The molecule has 4 aromatic rings. The number of rotatable bonds is 8. The van der Waals surface area contributed by atoms with Crippen LogP contribution in [0, 0.1) is 5.82 Å². The van der Waals surface area contributed by atoms with E-state index in [2.05, 4.69) is 20.6 Å². The second-order valence-corrected chi connectivity index (χ2v) is 10.0. The van der Waals surface area contributed by atoms with Crippen molar-refractivity contribution in [2.75, 3.05) is 13.2 Å². The van der Waals surface area contributed by atoms with Crippen LogP contribution in [0.3, 0.4) is 0 Å². The Morgan fingerprint density at radius 1 is 1.05 bits per heavy atom. The zero-order chi connectivity index (χ0) is 28.8. The third kappa shape index (κ3) is 6.94. The third-order valence-corrected chi connectivity index (χ3v) is 6.50. The average molecular weight is 560 g/mol. The van der Waals surface area contributed by atoms with E-state index < -0.39 is 29.9 Å². The number of carbonyl (C=O) groups is 2. The number of carbonyl (C=O) groups excluding carboxylic acids is 2. The first-order valence-electron chi connectivity index (χ1n) is 13.1. The maximum absolute atomic E-state index is 13.6. The van der Waals surface area contributed by atoms with Gasteiger partial charge in [0.1, 0.15) is 18.5 Å². The summed E-state index contributed by atoms with van der Waals surface area (Å²) >= 11 is 0. The summed E-state index contributed by atoms with van der Waals surface area (Å²) in [6.45, 7) is 3.71. The number of amides is 2. The SMILES string of the molecule is CC(NC(=O)OCc1ccccc1)C(=O)NC1(C)COC(c2nc(-c3ccc(F)cc3)c(-c3ccncc3)[nH]2)OC1. The first-order chi connectivity index (χ1) is 19.8. The maximum Gasteiger partial charge on any atom is 0.408 e. The van der Waals surface area contributed by atoms with E-state index in [4.69, 9.17) is 19.2 Å². The van der Waals surface area contributed by atoms with Crippen LogP contribution in [0.4, 0.5) is 9.18 Å². The van der Waals surface area contributed by atoms with Gasteiger partial charge in [-0.3, -0.25) is 9.78 Å². The quantitative estimate of drug-likeness (QED) is 0.290. The number of alkyl carbamates (subject to hydrolysis) is 1. The lowest BCUT2D eigenvalue weighted by molar-refractivity contribution is -0.217. The van der Waals surface area contributed by atoms with Crippen molar-refractivity contribution in [2.45, 2.75) is 38.3 Å². The van der Waals surface area contributed by atoms with Crippen LogP contribution in [-0.4, -0.2) is 51.7 Å². The molecule has 41 heavy (non-hydrogen) atoms. The lowest BCUT2D eigenvalue weighted by Crippen LogP contribution is -2.59. The highest BCUT2D eigenvalue weighted by Crippen LogP contribution is 2.34. The molecule has 0 spiro atoms. The molecule has 2 amide bonds. The van der Waals surface area contributed by atoms with Crippen LogP contribution in [0.25, 0.3) is 22.5 Å². The minimum Gasteiger partial charge on any atom is -0.445 e. The molecule has 0 saturated carbocycles. The van der Waals surface area contributed by atoms with Crippen molar-refractivity contribution in [2.24, 2.45) is 0 Å². The second kappa shape index (κ2) is 12.3. The highest BCUT2D eigenvalue weighted by atomic mass is 19.1. The molecule has 1 atom stereocenters. The summed E-state index contributed by atoms with van der Waals surface area (Å²) in [4.78, 5) is 37.1. The van der Waals surface area contributed by atoms with E-state index >= 15 is 0 Å². The Bertz CT molecular complexity index is 1470. The molecule has 0 radical (unpaired) electrons. The Morgan fingerprint density at radius 2 is 1.73 bits per heavy atom. The Labute approximate surface area is 236 Å². The lowest BCUT2D eigenvalue weighted by Gasteiger charge is -2.37. The molecule has 3 heterocycles. The maximum atomic E-state index is 13.6. The van der Waals surface area contributed by atoms with Gasteiger partial charge < -0.3 is 29.8 Å². The van der Waals surface area contributed by atoms with E-state index in [-0.39, 0.29) is 25.6 Å². The third-order valence-electron chi connectivity index (χ3n) is 6.50. The Morgan fingerprint density at radius 3 is 2.41 bits per heavy atom. The molecular formula is C30H30FN5O5. The number of nitrogens with one attached hydrogen (secondary N) is 3. The smallest absolute Gasteiger partial charge is 0.408 e. The van der Waals surface area contributed by atoms with E-state index in [0.717, 1.165) is 16.7 Å². The van der Waals surface area contributed by atoms with Crippen molar-refractivity contribution < 1.29 is 28.2 Å². The number of pyridine rings is 1. The summed E-state index contributed by atoms with van der Waals surface area (Å²) in [6, 6.07) is 18.1. The monoisotopic (exact) mass is 559 g/mol. The second-order valence-electron chi connectivity index (χ2n) is 10.0. The normalized spacial score (nSPS) is 19.2. The molecule has 11 heteroatoms. The van der Waals surface area contributed by atoms with Crippen LogP contribution in [-0.2, 0) is 25.6 Å². The van der Waals surface area contributed by atoms with Gasteiger partial charge in [-0.25, -0.2) is 14.2 Å². The van der Waals surface area contributed by atoms with Crippen molar-refractivity contribution in [3.63, 3.8) is 0 Å². The summed E-state index contributed by atoms with van der Waals surface area (Å²) in [6.07, 6.45) is 1.83. The number of aromatic nitrogens is 3. The van der Waals surface area contributed by atoms with E-state index in [1.807, 2.05) is 42.5 Å². The minimum atomic E-state index is -0.849. The van der Waals surface area contributed by atoms with Crippen LogP contribution < -0.4 is 10.6 Å². The summed E-state index contributed by atoms with van der Waals surface area (Å²) in [7, 11) is 0. The molecule has 3 N–H and O–H groups in total. The summed E-state index contributed by atoms with van der Waals surface area (Å²) in [5, 5.41) is 5.42. The van der Waals surface area contributed by atoms with Crippen LogP contribution in [0.1, 0.15) is 31.5 Å². The fraction of sp³-hybridized carbons (Fsp3) is 0.267. The molecule has 0 aliphatic carbocycles. The van der Waals surface area contributed by atoms with Crippen LogP contribution in [0.5, 0.6) is 0 Å². The van der Waals surface area contributed by atoms with Gasteiger partial charge in [0, 0.05) is 23.5 Å². The first kappa shape index (κ1) is 27.9. The summed E-state index contributed by atoms with van der Waals surface area (Å²) in [5.41, 5.74) is 2.87. The molecule has 1 fully saturated rings. The van der Waals surface area contributed by atoms with E-state index in [1.165, 1.54) is 12.1 Å². The predicted octanol–water partition coefficient (Wildman–Crippen LogP) is 4.51. The van der Waals surface area contributed by atoms with Gasteiger partial charge in [0.15, 0.2) is 5.82 Å². The highest BCUT2D eigenvalue weighted by Gasteiger charge is 2.37. The molecule has 1 saturated heterocycles. The zero-order valence-corrected chi connectivity index (χ0v) is 22.6. The zero-order valence-electron chi connectivity index (χ0n) is 22.6. The van der Waals surface area contributed by atoms with Gasteiger partial charge in [-0.05, 0) is 55.8 Å². The lowest BCUT2D eigenvalue weighted by atomic mass is 10.0.